The number of carbonyl (C=O) groups excluding carboxylic acids is 1. The summed E-state index contributed by atoms with van der Waals surface area (Å²) >= 11 is 12.3. The van der Waals surface area contributed by atoms with Gasteiger partial charge < -0.3 is 4.42 Å². The van der Waals surface area contributed by atoms with E-state index in [2.05, 4.69) is 41.4 Å². The molecule has 0 amide bonds. The lowest BCUT2D eigenvalue weighted by molar-refractivity contribution is 0.102. The van der Waals surface area contributed by atoms with Crippen LogP contribution in [0.1, 0.15) is 39.7 Å². The number of anilines is 1. The third-order valence-corrected chi connectivity index (χ3v) is 7.38. The van der Waals surface area contributed by atoms with E-state index in [0.29, 0.717) is 21.4 Å². The van der Waals surface area contributed by atoms with Gasteiger partial charge in [-0.25, -0.2) is 0 Å². The van der Waals surface area contributed by atoms with Crippen molar-refractivity contribution in [1.82, 2.24) is 0 Å². The van der Waals surface area contributed by atoms with Gasteiger partial charge in [0, 0.05) is 17.0 Å². The van der Waals surface area contributed by atoms with Crippen LogP contribution in [0.5, 0.6) is 0 Å². The van der Waals surface area contributed by atoms with Gasteiger partial charge in [0.05, 0.1) is 22.5 Å². The maximum Gasteiger partial charge on any atom is 0.221 e. The van der Waals surface area contributed by atoms with Gasteiger partial charge in [-0.05, 0) is 65.2 Å². The molecule has 0 radical (unpaired) electrons. The van der Waals surface area contributed by atoms with Crippen molar-refractivity contribution in [3.05, 3.63) is 154 Å². The van der Waals surface area contributed by atoms with Crippen molar-refractivity contribution in [3.8, 4) is 11.3 Å². The number of halogens is 2. The van der Waals surface area contributed by atoms with Crippen molar-refractivity contribution in [1.29, 1.82) is 0 Å². The molecule has 0 saturated carbocycles. The average Bonchev–Trinajstić information content (AvgIpc) is 3.66. The number of hydrazone groups is 1. The Hall–Kier alpha value is -4.38. The molecular weight excluding hydrogens is 539 g/mol. The van der Waals surface area contributed by atoms with Crippen LogP contribution in [0.3, 0.4) is 0 Å². The molecular formula is C34H24Cl2N2O2. The second-order valence-electron chi connectivity index (χ2n) is 9.47. The largest absolute Gasteiger partial charge is 0.453 e. The fraction of sp³-hybridized carbons (Fsp3) is 0.0588. The molecule has 4 aromatic carbocycles. The van der Waals surface area contributed by atoms with E-state index in [0.717, 1.165) is 28.9 Å². The Morgan fingerprint density at radius 3 is 2.30 bits per heavy atom. The maximum atomic E-state index is 12.8. The summed E-state index contributed by atoms with van der Waals surface area (Å²) in [6.45, 7) is 0. The molecule has 6 heteroatoms. The normalized spacial score (nSPS) is 15.0. The highest BCUT2D eigenvalue weighted by Gasteiger charge is 2.29. The molecule has 0 spiro atoms. The summed E-state index contributed by atoms with van der Waals surface area (Å²) < 4.78 is 5.78. The lowest BCUT2D eigenvalue weighted by atomic mass is 9.98. The van der Waals surface area contributed by atoms with Crippen LogP contribution in [0.4, 0.5) is 5.69 Å². The maximum absolute atomic E-state index is 12.8. The fourth-order valence-corrected chi connectivity index (χ4v) is 5.29. The van der Waals surface area contributed by atoms with Gasteiger partial charge in [-0.3, -0.25) is 9.80 Å². The summed E-state index contributed by atoms with van der Waals surface area (Å²) in [4.78, 5) is 12.8. The van der Waals surface area contributed by atoms with Crippen molar-refractivity contribution in [2.45, 2.75) is 12.5 Å². The van der Waals surface area contributed by atoms with Crippen LogP contribution in [0, 0.1) is 0 Å². The lowest BCUT2D eigenvalue weighted by Gasteiger charge is -2.24. The van der Waals surface area contributed by atoms with Crippen molar-refractivity contribution in [2.75, 3.05) is 5.01 Å². The molecule has 1 atom stereocenters. The second-order valence-corrected chi connectivity index (χ2v) is 10.3. The standard InChI is InChI=1S/C34H24Cl2N2O2/c35-26-14-17-28(29(36)21-26)33-19-20-34(40-33)32(39)18-13-23-11-15-27(16-12-23)38-31(25-9-5-2-6-10-25)22-30(37-38)24-7-3-1-4-8-24/h1-21,31H,22H2. The quantitative estimate of drug-likeness (QED) is 0.146. The highest BCUT2D eigenvalue weighted by atomic mass is 35.5. The molecule has 4 nitrogen and oxygen atoms in total. The smallest absolute Gasteiger partial charge is 0.221 e. The zero-order valence-corrected chi connectivity index (χ0v) is 22.9. The van der Waals surface area contributed by atoms with E-state index in [4.69, 9.17) is 32.7 Å². The molecule has 0 fully saturated rings. The Morgan fingerprint density at radius 1 is 0.850 bits per heavy atom. The Morgan fingerprint density at radius 2 is 1.57 bits per heavy atom. The number of hydrogen-bond acceptors (Lipinski definition) is 4. The van der Waals surface area contributed by atoms with Gasteiger partial charge in [-0.2, -0.15) is 5.10 Å². The summed E-state index contributed by atoms with van der Waals surface area (Å²) in [6.07, 6.45) is 4.10. The molecule has 1 aliphatic rings. The number of carbonyl (C=O) groups is 1. The molecule has 196 valence electrons. The lowest BCUT2D eigenvalue weighted by Crippen LogP contribution is -2.18. The minimum Gasteiger partial charge on any atom is -0.453 e. The highest BCUT2D eigenvalue weighted by Crippen LogP contribution is 2.37. The van der Waals surface area contributed by atoms with Gasteiger partial charge in [0.25, 0.3) is 0 Å². The van der Waals surface area contributed by atoms with Crippen molar-refractivity contribution < 1.29 is 9.21 Å². The zero-order chi connectivity index (χ0) is 27.5. The first-order valence-electron chi connectivity index (χ1n) is 12.9. The summed E-state index contributed by atoms with van der Waals surface area (Å²) in [6, 6.07) is 37.4. The monoisotopic (exact) mass is 562 g/mol. The molecule has 1 aliphatic heterocycles. The molecule has 0 bridgehead atoms. The van der Waals surface area contributed by atoms with Crippen molar-refractivity contribution >= 4 is 46.5 Å². The average molecular weight is 563 g/mol. The van der Waals surface area contributed by atoms with Gasteiger partial charge in [-0.15, -0.1) is 0 Å². The Labute approximate surface area is 242 Å². The van der Waals surface area contributed by atoms with Gasteiger partial charge in [-0.1, -0.05) is 102 Å². The molecule has 1 unspecified atom stereocenters. The fourth-order valence-electron chi connectivity index (χ4n) is 4.78. The number of nitrogens with zero attached hydrogens (tertiary/aromatic N) is 2. The molecule has 40 heavy (non-hydrogen) atoms. The Kier molecular flexibility index (Phi) is 7.37. The predicted molar refractivity (Wildman–Crippen MR) is 163 cm³/mol. The van der Waals surface area contributed by atoms with E-state index in [1.807, 2.05) is 48.5 Å². The SMILES string of the molecule is O=C(C=Cc1ccc(N2N=C(c3ccccc3)CC2c2ccccc2)cc1)c1ccc(-c2ccc(Cl)cc2Cl)o1. The van der Waals surface area contributed by atoms with Crippen LogP contribution in [0.15, 0.2) is 131 Å². The molecule has 6 rings (SSSR count). The number of rotatable bonds is 7. The van der Waals surface area contributed by atoms with Crippen LogP contribution >= 0.6 is 23.2 Å². The molecule has 2 heterocycles. The van der Waals surface area contributed by atoms with Gasteiger partial charge >= 0.3 is 0 Å². The van der Waals surface area contributed by atoms with E-state index in [-0.39, 0.29) is 17.6 Å². The Bertz CT molecular complexity index is 1710. The minimum absolute atomic E-state index is 0.0988. The summed E-state index contributed by atoms with van der Waals surface area (Å²) in [5.41, 5.74) is 5.96. The van der Waals surface area contributed by atoms with Crippen LogP contribution in [-0.4, -0.2) is 11.5 Å². The third kappa shape index (κ3) is 5.50. The Balaban J connectivity index is 1.20. The first-order chi connectivity index (χ1) is 19.5. The van der Waals surface area contributed by atoms with Crippen LogP contribution < -0.4 is 5.01 Å². The topological polar surface area (TPSA) is 45.8 Å². The van der Waals surface area contributed by atoms with Crippen molar-refractivity contribution in [3.63, 3.8) is 0 Å². The van der Waals surface area contributed by atoms with Crippen LogP contribution in [0.25, 0.3) is 17.4 Å². The number of furan rings is 1. The third-order valence-electron chi connectivity index (χ3n) is 6.83. The summed E-state index contributed by atoms with van der Waals surface area (Å²) in [5, 5.41) is 8.10. The summed E-state index contributed by atoms with van der Waals surface area (Å²) in [5.74, 6) is 0.511. The minimum atomic E-state index is -0.235. The first kappa shape index (κ1) is 25.9. The molecule has 0 aliphatic carbocycles. The van der Waals surface area contributed by atoms with E-state index in [1.165, 1.54) is 11.6 Å². The highest BCUT2D eigenvalue weighted by molar-refractivity contribution is 6.36. The summed E-state index contributed by atoms with van der Waals surface area (Å²) in [7, 11) is 0. The molecule has 0 N–H and O–H groups in total. The first-order valence-corrected chi connectivity index (χ1v) is 13.7. The van der Waals surface area contributed by atoms with Crippen LogP contribution in [-0.2, 0) is 0 Å². The van der Waals surface area contributed by atoms with Gasteiger partial charge in [0.1, 0.15) is 5.76 Å². The van der Waals surface area contributed by atoms with Gasteiger partial charge in [0.2, 0.25) is 5.78 Å². The zero-order valence-electron chi connectivity index (χ0n) is 21.4. The predicted octanol–water partition coefficient (Wildman–Crippen LogP) is 9.51. The second kappa shape index (κ2) is 11.4. The van der Waals surface area contributed by atoms with Gasteiger partial charge in [0.15, 0.2) is 5.76 Å². The van der Waals surface area contributed by atoms with E-state index in [9.17, 15) is 4.79 Å². The number of hydrogen-bond donors (Lipinski definition) is 0. The van der Waals surface area contributed by atoms with Crippen molar-refractivity contribution in [2.24, 2.45) is 5.10 Å². The molecule has 5 aromatic rings. The van der Waals surface area contributed by atoms with E-state index < -0.39 is 0 Å². The van der Waals surface area contributed by atoms with Crippen LogP contribution in [0.2, 0.25) is 10.0 Å². The molecule has 1 aromatic heterocycles. The molecule has 0 saturated heterocycles. The van der Waals surface area contributed by atoms with E-state index in [1.54, 1.807) is 36.4 Å². The van der Waals surface area contributed by atoms with E-state index >= 15 is 0 Å². The number of benzene rings is 4. The number of ketones is 1. The number of allylic oxidation sites excluding steroid dienone is 1.